The smallest absolute Gasteiger partial charge is 0.388 e. The van der Waals surface area contributed by atoms with Crippen molar-refractivity contribution in [3.05, 3.63) is 58.4 Å². The molecule has 0 bridgehead atoms. The van der Waals surface area contributed by atoms with Gasteiger partial charge < -0.3 is 19.3 Å². The number of rotatable bonds is 10. The predicted octanol–water partition coefficient (Wildman–Crippen LogP) is 5.47. The zero-order valence-electron chi connectivity index (χ0n) is 18.5. The van der Waals surface area contributed by atoms with E-state index in [-0.39, 0.29) is 34.5 Å². The minimum atomic E-state index is -3.11. The number of benzene rings is 2. The van der Waals surface area contributed by atoms with Gasteiger partial charge in [0.25, 0.3) is 0 Å². The normalized spacial score (nSPS) is 12.0. The number of hydrogen-bond donors (Lipinski definition) is 1. The van der Waals surface area contributed by atoms with E-state index in [9.17, 15) is 18.0 Å². The average Bonchev–Trinajstić information content (AvgIpc) is 3.05. The molecular weight excluding hydrogens is 477 g/mol. The van der Waals surface area contributed by atoms with Gasteiger partial charge in [0.2, 0.25) is 5.88 Å². The van der Waals surface area contributed by atoms with E-state index in [2.05, 4.69) is 9.84 Å². The second-order valence-electron chi connectivity index (χ2n) is 7.29. The quantitative estimate of drug-likeness (QED) is 0.399. The summed E-state index contributed by atoms with van der Waals surface area (Å²) in [5.74, 6) is -1.70. The van der Waals surface area contributed by atoms with Crippen molar-refractivity contribution in [1.82, 2.24) is 9.78 Å². The molecule has 0 aliphatic carbocycles. The van der Waals surface area contributed by atoms with E-state index < -0.39 is 24.5 Å². The monoisotopic (exact) mass is 498 g/mol. The van der Waals surface area contributed by atoms with Gasteiger partial charge in [-0.3, -0.25) is 0 Å². The third-order valence-electron chi connectivity index (χ3n) is 4.92. The van der Waals surface area contributed by atoms with Gasteiger partial charge in [-0.25, -0.2) is 13.9 Å². The maximum absolute atomic E-state index is 14.8. The second-order valence-corrected chi connectivity index (χ2v) is 7.67. The molecule has 3 aromatic rings. The highest BCUT2D eigenvalue weighted by molar-refractivity contribution is 6.34. The Bertz CT molecular complexity index is 1190. The van der Waals surface area contributed by atoms with Crippen molar-refractivity contribution in [3.8, 4) is 28.6 Å². The summed E-state index contributed by atoms with van der Waals surface area (Å²) in [6, 6.07) is 9.29. The number of aliphatic carboxylic acids is 1. The molecule has 11 heteroatoms. The lowest BCUT2D eigenvalue weighted by Crippen LogP contribution is -2.23. The third kappa shape index (κ3) is 5.74. The van der Waals surface area contributed by atoms with Crippen LogP contribution in [0.3, 0.4) is 0 Å². The van der Waals surface area contributed by atoms with Crippen LogP contribution in [0, 0.1) is 5.82 Å². The largest absolute Gasteiger partial charge is 0.489 e. The molecule has 0 aliphatic rings. The summed E-state index contributed by atoms with van der Waals surface area (Å²) < 4.78 is 56.5. The van der Waals surface area contributed by atoms with Crippen molar-refractivity contribution >= 4 is 17.6 Å². The van der Waals surface area contributed by atoms with Crippen LogP contribution in [0.5, 0.6) is 17.4 Å². The number of carbonyl (C=O) groups is 1. The molecule has 1 aromatic heterocycles. The molecule has 0 spiro atoms. The summed E-state index contributed by atoms with van der Waals surface area (Å²) in [5, 5.41) is 12.9. The Kier molecular flexibility index (Phi) is 7.93. The Morgan fingerprint density at radius 3 is 2.56 bits per heavy atom. The van der Waals surface area contributed by atoms with Crippen LogP contribution in [0.15, 0.2) is 36.4 Å². The Morgan fingerprint density at radius 2 is 1.94 bits per heavy atom. The lowest BCUT2D eigenvalue weighted by molar-refractivity contribution is -0.144. The minimum Gasteiger partial charge on any atom is -0.489 e. The fourth-order valence-electron chi connectivity index (χ4n) is 3.09. The maximum atomic E-state index is 14.8. The molecule has 0 fully saturated rings. The van der Waals surface area contributed by atoms with Gasteiger partial charge in [-0.2, -0.15) is 13.9 Å². The van der Waals surface area contributed by atoms with Crippen molar-refractivity contribution in [1.29, 1.82) is 0 Å². The zero-order valence-corrected chi connectivity index (χ0v) is 19.3. The van der Waals surface area contributed by atoms with Crippen LogP contribution < -0.4 is 14.2 Å². The highest BCUT2D eigenvalue weighted by Crippen LogP contribution is 2.37. The van der Waals surface area contributed by atoms with Crippen molar-refractivity contribution in [2.75, 3.05) is 0 Å². The highest BCUT2D eigenvalue weighted by Gasteiger charge is 2.22. The van der Waals surface area contributed by atoms with Crippen molar-refractivity contribution in [2.24, 2.45) is 7.05 Å². The van der Waals surface area contributed by atoms with Crippen molar-refractivity contribution < 1.29 is 37.3 Å². The maximum Gasteiger partial charge on any atom is 0.388 e. The number of carboxylic acids is 1. The molecule has 182 valence electrons. The van der Waals surface area contributed by atoms with E-state index in [1.807, 2.05) is 13.0 Å². The van der Waals surface area contributed by atoms with Gasteiger partial charge in [-0.1, -0.05) is 30.7 Å². The van der Waals surface area contributed by atoms with Gasteiger partial charge in [0, 0.05) is 24.2 Å². The standard InChI is InChI=1S/C23H22ClF3N2O5/c1-4-13-5-6-14(18(9-13)33-12(2)22(30)31)11-32-15-7-8-16(17(25)10-15)20-19(24)21(29(3)28-20)34-23(26)27/h5-10,12,23H,4,11H2,1-3H3,(H,30,31). The number of halogens is 4. The number of hydrogen-bond acceptors (Lipinski definition) is 5. The van der Waals surface area contributed by atoms with Crippen LogP contribution in [0.1, 0.15) is 25.0 Å². The molecule has 3 rings (SSSR count). The zero-order chi connectivity index (χ0) is 25.0. The molecule has 1 atom stereocenters. The van der Waals surface area contributed by atoms with E-state index in [1.54, 1.807) is 12.1 Å². The Hall–Kier alpha value is -3.40. The Morgan fingerprint density at radius 1 is 1.21 bits per heavy atom. The van der Waals surface area contributed by atoms with Gasteiger partial charge in [-0.05, 0) is 37.1 Å². The van der Waals surface area contributed by atoms with Crippen LogP contribution in [0.25, 0.3) is 11.3 Å². The van der Waals surface area contributed by atoms with Gasteiger partial charge in [-0.15, -0.1) is 0 Å². The summed E-state index contributed by atoms with van der Waals surface area (Å²) >= 11 is 6.07. The van der Waals surface area contributed by atoms with E-state index >= 15 is 0 Å². The van der Waals surface area contributed by atoms with Crippen LogP contribution >= 0.6 is 11.6 Å². The number of aromatic nitrogens is 2. The molecule has 1 heterocycles. The summed E-state index contributed by atoms with van der Waals surface area (Å²) in [4.78, 5) is 11.2. The first-order valence-electron chi connectivity index (χ1n) is 10.2. The Balaban J connectivity index is 1.80. The fourth-order valence-corrected chi connectivity index (χ4v) is 3.40. The van der Waals surface area contributed by atoms with Crippen molar-refractivity contribution in [2.45, 2.75) is 39.6 Å². The molecular formula is C23H22ClF3N2O5. The topological polar surface area (TPSA) is 82.8 Å². The van der Waals surface area contributed by atoms with E-state index in [1.165, 1.54) is 26.1 Å². The van der Waals surface area contributed by atoms with Crippen LogP contribution in [0.4, 0.5) is 13.2 Å². The lowest BCUT2D eigenvalue weighted by Gasteiger charge is -2.16. The third-order valence-corrected chi connectivity index (χ3v) is 5.26. The second kappa shape index (κ2) is 10.7. The summed E-state index contributed by atoms with van der Waals surface area (Å²) in [6.45, 7) is 0.248. The summed E-state index contributed by atoms with van der Waals surface area (Å²) in [6.07, 6.45) is -0.337. The number of nitrogens with zero attached hydrogens (tertiary/aromatic N) is 2. The number of alkyl halides is 2. The molecule has 0 saturated heterocycles. The first-order chi connectivity index (χ1) is 16.1. The fraction of sp³-hybridized carbons (Fsp3) is 0.304. The van der Waals surface area contributed by atoms with Crippen LogP contribution in [0.2, 0.25) is 5.02 Å². The molecule has 34 heavy (non-hydrogen) atoms. The predicted molar refractivity (Wildman–Crippen MR) is 118 cm³/mol. The van der Waals surface area contributed by atoms with Gasteiger partial charge >= 0.3 is 12.6 Å². The van der Waals surface area contributed by atoms with Crippen LogP contribution in [-0.2, 0) is 24.9 Å². The molecule has 7 nitrogen and oxygen atoms in total. The molecule has 0 radical (unpaired) electrons. The molecule has 1 unspecified atom stereocenters. The number of carboxylic acid groups (broad SMARTS) is 1. The SMILES string of the molecule is CCc1ccc(COc2ccc(-c3nn(C)c(OC(F)F)c3Cl)c(F)c2)c(OC(C)C(=O)O)c1. The van der Waals surface area contributed by atoms with Gasteiger partial charge in [0.15, 0.2) is 6.10 Å². The van der Waals surface area contributed by atoms with Gasteiger partial charge in [0.05, 0.1) is 0 Å². The number of aryl methyl sites for hydroxylation is 2. The minimum absolute atomic E-state index is 0.0127. The van der Waals surface area contributed by atoms with E-state index in [4.69, 9.17) is 26.2 Å². The molecule has 0 saturated carbocycles. The van der Waals surface area contributed by atoms with Crippen molar-refractivity contribution in [3.63, 3.8) is 0 Å². The molecule has 1 N–H and O–H groups in total. The molecule has 0 aliphatic heterocycles. The lowest BCUT2D eigenvalue weighted by atomic mass is 10.1. The van der Waals surface area contributed by atoms with Crippen LogP contribution in [-0.4, -0.2) is 33.6 Å². The average molecular weight is 499 g/mol. The molecule has 0 amide bonds. The van der Waals surface area contributed by atoms with Gasteiger partial charge in [0.1, 0.15) is 34.6 Å². The first-order valence-corrected chi connectivity index (χ1v) is 10.6. The Labute approximate surface area is 198 Å². The summed E-state index contributed by atoms with van der Waals surface area (Å²) in [5.41, 5.74) is 1.45. The summed E-state index contributed by atoms with van der Waals surface area (Å²) in [7, 11) is 1.34. The van der Waals surface area contributed by atoms with E-state index in [0.29, 0.717) is 11.3 Å². The first kappa shape index (κ1) is 25.2. The number of ether oxygens (including phenoxy) is 3. The molecule has 2 aromatic carbocycles. The highest BCUT2D eigenvalue weighted by atomic mass is 35.5. The van der Waals surface area contributed by atoms with E-state index in [0.717, 1.165) is 22.7 Å².